The van der Waals surface area contributed by atoms with Gasteiger partial charge in [-0.3, -0.25) is 9.59 Å². The Balaban J connectivity index is 1.63. The van der Waals surface area contributed by atoms with Crippen molar-refractivity contribution < 1.29 is 19.1 Å². The summed E-state index contributed by atoms with van der Waals surface area (Å²) in [5, 5.41) is 3.25. The number of esters is 1. The maximum absolute atomic E-state index is 12.2. The fourth-order valence-corrected chi connectivity index (χ4v) is 3.36. The van der Waals surface area contributed by atoms with Gasteiger partial charge in [0.2, 0.25) is 5.91 Å². The zero-order valence-corrected chi connectivity index (χ0v) is 15.6. The van der Waals surface area contributed by atoms with Crippen molar-refractivity contribution in [2.45, 2.75) is 17.9 Å². The summed E-state index contributed by atoms with van der Waals surface area (Å²) < 4.78 is 5.11. The van der Waals surface area contributed by atoms with Crippen LogP contribution in [0.4, 0.5) is 11.4 Å². The standard InChI is InChI=1S/C19H19N3O4S/c1-27-18-13(6-4-10-20-18)19(25)26-12-16(23)21-14-7-2-3-8-15(14)22-11-5-9-17(22)24/h2-4,6-8,10H,5,9,11-12H2,1H3,(H,21,23). The normalized spacial score (nSPS) is 13.5. The minimum absolute atomic E-state index is 0.0318. The summed E-state index contributed by atoms with van der Waals surface area (Å²) in [6.45, 7) is 0.197. The first-order valence-electron chi connectivity index (χ1n) is 8.45. The molecule has 3 rings (SSSR count). The first-order chi connectivity index (χ1) is 13.1. The number of ether oxygens (including phenoxy) is 1. The zero-order chi connectivity index (χ0) is 19.2. The van der Waals surface area contributed by atoms with E-state index in [1.54, 1.807) is 41.4 Å². The molecule has 1 N–H and O–H groups in total. The van der Waals surface area contributed by atoms with E-state index in [1.807, 2.05) is 12.3 Å². The number of amides is 2. The third-order valence-corrected chi connectivity index (χ3v) is 4.77. The van der Waals surface area contributed by atoms with Crippen molar-refractivity contribution in [3.8, 4) is 0 Å². The molecule has 1 aliphatic rings. The fraction of sp³-hybridized carbons (Fsp3) is 0.263. The number of benzene rings is 1. The number of para-hydroxylation sites is 2. The molecule has 2 amide bonds. The van der Waals surface area contributed by atoms with Crippen molar-refractivity contribution in [2.75, 3.05) is 29.6 Å². The number of nitrogens with one attached hydrogen (secondary N) is 1. The monoisotopic (exact) mass is 385 g/mol. The third kappa shape index (κ3) is 4.46. The molecule has 27 heavy (non-hydrogen) atoms. The van der Waals surface area contributed by atoms with Gasteiger partial charge in [-0.25, -0.2) is 9.78 Å². The molecule has 2 aromatic rings. The van der Waals surface area contributed by atoms with Crippen LogP contribution in [0.25, 0.3) is 0 Å². The van der Waals surface area contributed by atoms with E-state index in [1.165, 1.54) is 11.8 Å². The number of thioether (sulfide) groups is 1. The number of carbonyl (C=O) groups excluding carboxylic acids is 3. The van der Waals surface area contributed by atoms with Gasteiger partial charge in [0.15, 0.2) is 6.61 Å². The minimum atomic E-state index is -0.606. The van der Waals surface area contributed by atoms with Crippen LogP contribution in [0.5, 0.6) is 0 Å². The zero-order valence-electron chi connectivity index (χ0n) is 14.8. The maximum Gasteiger partial charge on any atom is 0.341 e. The molecule has 1 fully saturated rings. The first-order valence-corrected chi connectivity index (χ1v) is 9.68. The summed E-state index contributed by atoms with van der Waals surface area (Å²) in [4.78, 5) is 42.2. The second kappa shape index (κ2) is 8.68. The van der Waals surface area contributed by atoms with E-state index in [0.29, 0.717) is 34.9 Å². The van der Waals surface area contributed by atoms with Gasteiger partial charge in [0.25, 0.3) is 5.91 Å². The molecule has 0 unspecified atom stereocenters. The highest BCUT2D eigenvalue weighted by atomic mass is 32.2. The lowest BCUT2D eigenvalue weighted by Crippen LogP contribution is -2.27. The molecule has 1 saturated heterocycles. The molecule has 2 heterocycles. The van der Waals surface area contributed by atoms with Crippen molar-refractivity contribution in [1.82, 2.24) is 4.98 Å². The molecule has 1 aromatic carbocycles. The molecule has 1 aliphatic heterocycles. The van der Waals surface area contributed by atoms with Crippen LogP contribution in [-0.4, -0.2) is 42.2 Å². The van der Waals surface area contributed by atoms with Crippen molar-refractivity contribution in [1.29, 1.82) is 0 Å². The highest BCUT2D eigenvalue weighted by Gasteiger charge is 2.24. The van der Waals surface area contributed by atoms with Gasteiger partial charge in [0.1, 0.15) is 5.03 Å². The molecule has 0 aliphatic carbocycles. The molecular weight excluding hydrogens is 366 g/mol. The van der Waals surface area contributed by atoms with Crippen LogP contribution in [0, 0.1) is 0 Å². The molecule has 0 atom stereocenters. The molecule has 140 valence electrons. The number of rotatable bonds is 6. The number of hydrogen-bond donors (Lipinski definition) is 1. The van der Waals surface area contributed by atoms with Crippen molar-refractivity contribution in [3.63, 3.8) is 0 Å². The predicted molar refractivity (Wildman–Crippen MR) is 103 cm³/mol. The SMILES string of the molecule is CSc1ncccc1C(=O)OCC(=O)Nc1ccccc1N1CCCC1=O. The highest BCUT2D eigenvalue weighted by molar-refractivity contribution is 7.98. The van der Waals surface area contributed by atoms with E-state index in [9.17, 15) is 14.4 Å². The van der Waals surface area contributed by atoms with Gasteiger partial charge in [-0.05, 0) is 36.9 Å². The lowest BCUT2D eigenvalue weighted by Gasteiger charge is -2.19. The molecule has 0 bridgehead atoms. The Hall–Kier alpha value is -2.87. The molecule has 0 spiro atoms. The van der Waals surface area contributed by atoms with E-state index in [-0.39, 0.29) is 5.91 Å². The largest absolute Gasteiger partial charge is 0.452 e. The first kappa shape index (κ1) is 18.9. The topological polar surface area (TPSA) is 88.6 Å². The smallest absolute Gasteiger partial charge is 0.341 e. The van der Waals surface area contributed by atoms with Crippen molar-refractivity contribution in [2.24, 2.45) is 0 Å². The number of pyridine rings is 1. The Morgan fingerprint density at radius 1 is 1.26 bits per heavy atom. The number of anilines is 2. The second-order valence-corrected chi connectivity index (χ2v) is 6.65. The Labute approximate surface area is 161 Å². The molecule has 0 radical (unpaired) electrons. The number of carbonyl (C=O) groups is 3. The number of hydrogen-bond acceptors (Lipinski definition) is 6. The summed E-state index contributed by atoms with van der Waals surface area (Å²) >= 11 is 1.33. The van der Waals surface area contributed by atoms with Gasteiger partial charge in [0.05, 0.1) is 16.9 Å². The number of nitrogens with zero attached hydrogens (tertiary/aromatic N) is 2. The van der Waals surface area contributed by atoms with Crippen LogP contribution >= 0.6 is 11.8 Å². The summed E-state index contributed by atoms with van der Waals surface area (Å²) in [6, 6.07) is 10.3. The Morgan fingerprint density at radius 2 is 2.07 bits per heavy atom. The second-order valence-electron chi connectivity index (χ2n) is 5.85. The fourth-order valence-electron chi connectivity index (χ4n) is 2.82. The van der Waals surface area contributed by atoms with Crippen LogP contribution in [0.2, 0.25) is 0 Å². The Morgan fingerprint density at radius 3 is 2.81 bits per heavy atom. The summed E-state index contributed by atoms with van der Waals surface area (Å²) in [5.74, 6) is -1.05. The van der Waals surface area contributed by atoms with E-state index >= 15 is 0 Å². The van der Waals surface area contributed by atoms with E-state index in [2.05, 4.69) is 10.3 Å². The van der Waals surface area contributed by atoms with E-state index in [0.717, 1.165) is 6.42 Å². The quantitative estimate of drug-likeness (QED) is 0.608. The van der Waals surface area contributed by atoms with Gasteiger partial charge in [-0.15, -0.1) is 11.8 Å². The minimum Gasteiger partial charge on any atom is -0.452 e. The van der Waals surface area contributed by atoms with Crippen LogP contribution in [-0.2, 0) is 14.3 Å². The molecule has 7 nitrogen and oxygen atoms in total. The van der Waals surface area contributed by atoms with Crippen LogP contribution in [0.3, 0.4) is 0 Å². The Kier molecular flexibility index (Phi) is 6.08. The lowest BCUT2D eigenvalue weighted by atomic mass is 10.2. The summed E-state index contributed by atoms with van der Waals surface area (Å²) in [5.41, 5.74) is 1.48. The Bertz CT molecular complexity index is 872. The maximum atomic E-state index is 12.2. The van der Waals surface area contributed by atoms with Gasteiger partial charge in [-0.2, -0.15) is 0 Å². The van der Waals surface area contributed by atoms with E-state index in [4.69, 9.17) is 4.74 Å². The van der Waals surface area contributed by atoms with Crippen LogP contribution < -0.4 is 10.2 Å². The lowest BCUT2D eigenvalue weighted by molar-refractivity contribution is -0.119. The van der Waals surface area contributed by atoms with Crippen LogP contribution in [0.15, 0.2) is 47.6 Å². The van der Waals surface area contributed by atoms with Crippen LogP contribution in [0.1, 0.15) is 23.2 Å². The van der Waals surface area contributed by atoms with Gasteiger partial charge in [0, 0.05) is 19.2 Å². The third-order valence-electron chi connectivity index (χ3n) is 4.06. The van der Waals surface area contributed by atoms with Gasteiger partial charge in [-0.1, -0.05) is 12.1 Å². The van der Waals surface area contributed by atoms with Crippen molar-refractivity contribution >= 4 is 40.9 Å². The van der Waals surface area contributed by atoms with Gasteiger partial charge < -0.3 is 15.0 Å². The van der Waals surface area contributed by atoms with E-state index < -0.39 is 18.5 Å². The molecule has 0 saturated carbocycles. The summed E-state index contributed by atoms with van der Waals surface area (Å²) in [6.07, 6.45) is 4.69. The highest BCUT2D eigenvalue weighted by Crippen LogP contribution is 2.29. The predicted octanol–water partition coefficient (Wildman–Crippen LogP) is 2.73. The molecule has 1 aromatic heterocycles. The average molecular weight is 385 g/mol. The summed E-state index contributed by atoms with van der Waals surface area (Å²) in [7, 11) is 0. The van der Waals surface area contributed by atoms with Crippen molar-refractivity contribution in [3.05, 3.63) is 48.2 Å². The number of aromatic nitrogens is 1. The molecule has 8 heteroatoms. The average Bonchev–Trinajstić information content (AvgIpc) is 3.12. The molecular formula is C19H19N3O4S. The van der Waals surface area contributed by atoms with Gasteiger partial charge >= 0.3 is 5.97 Å².